The average Bonchev–Trinajstić information content (AvgIpc) is 3.35. The summed E-state index contributed by atoms with van der Waals surface area (Å²) >= 11 is 0. The van der Waals surface area contributed by atoms with Crippen LogP contribution in [0.1, 0.15) is 99.3 Å². The Kier molecular flexibility index (Phi) is 7.55. The van der Waals surface area contributed by atoms with E-state index in [9.17, 15) is 14.7 Å². The van der Waals surface area contributed by atoms with Crippen molar-refractivity contribution in [3.8, 4) is 0 Å². The fourth-order valence-corrected chi connectivity index (χ4v) is 10.2. The van der Waals surface area contributed by atoms with E-state index in [0.717, 1.165) is 44.9 Å². The molecule has 0 aromatic heterocycles. The number of esters is 2. The van der Waals surface area contributed by atoms with E-state index < -0.39 is 5.60 Å². The molecule has 0 aliphatic heterocycles. The van der Waals surface area contributed by atoms with Crippen molar-refractivity contribution in [2.24, 2.45) is 40.4 Å². The van der Waals surface area contributed by atoms with Crippen LogP contribution in [0.5, 0.6) is 0 Å². The topological polar surface area (TPSA) is 72.8 Å². The van der Waals surface area contributed by atoms with Crippen molar-refractivity contribution in [2.75, 3.05) is 6.61 Å². The van der Waals surface area contributed by atoms with E-state index in [-0.39, 0.29) is 35.5 Å². The van der Waals surface area contributed by atoms with Crippen molar-refractivity contribution in [1.82, 2.24) is 0 Å². The Labute approximate surface area is 245 Å². The number of aliphatic hydroxyl groups is 1. The van der Waals surface area contributed by atoms with E-state index in [1.54, 1.807) is 0 Å². The fourth-order valence-electron chi connectivity index (χ4n) is 10.2. The van der Waals surface area contributed by atoms with Crippen molar-refractivity contribution in [2.45, 2.75) is 90.3 Å². The highest BCUT2D eigenvalue weighted by atomic mass is 16.6. The maximum atomic E-state index is 12.9. The van der Waals surface area contributed by atoms with Gasteiger partial charge >= 0.3 is 11.9 Å². The molecule has 5 heteroatoms. The fraction of sp³-hybridized carbons (Fsp3) is 0.611. The third-order valence-electron chi connectivity index (χ3n) is 12.2. The summed E-state index contributed by atoms with van der Waals surface area (Å²) in [5.41, 5.74) is 0.775. The van der Waals surface area contributed by atoms with Crippen LogP contribution in [0.15, 0.2) is 60.7 Å². The molecule has 0 amide bonds. The van der Waals surface area contributed by atoms with Crippen LogP contribution in [-0.4, -0.2) is 35.4 Å². The number of aliphatic hydroxyl groups excluding tert-OH is 1. The standard InChI is InChI=1S/C36H46O5/c1-24(40-32(38)25-10-6-4-7-11-25)29-16-17-30-28-15-14-27-22-34(2,41-33(39)26-12-8-5-9-13-26)20-21-36(27,23-37)31(28)18-19-35(29,30)3/h4-13,24,27-31,37H,14-23H2,1-3H3/t24?,27-,28+,29-,30+,31+,34-,35-,36-/m1/s1. The van der Waals surface area contributed by atoms with Gasteiger partial charge in [-0.1, -0.05) is 43.3 Å². The predicted octanol–water partition coefficient (Wildman–Crippen LogP) is 7.48. The molecule has 41 heavy (non-hydrogen) atoms. The normalized spacial score (nSPS) is 38.6. The first-order chi connectivity index (χ1) is 19.7. The Morgan fingerprint density at radius 1 is 0.829 bits per heavy atom. The molecule has 220 valence electrons. The Bertz CT molecular complexity index is 1250. The van der Waals surface area contributed by atoms with Crippen LogP contribution >= 0.6 is 0 Å². The lowest BCUT2D eigenvalue weighted by atomic mass is 9.43. The Morgan fingerprint density at radius 3 is 2.15 bits per heavy atom. The van der Waals surface area contributed by atoms with Gasteiger partial charge in [-0.25, -0.2) is 9.59 Å². The molecular formula is C36H46O5. The maximum absolute atomic E-state index is 12.9. The van der Waals surface area contributed by atoms with E-state index >= 15 is 0 Å². The van der Waals surface area contributed by atoms with E-state index in [1.165, 1.54) is 12.8 Å². The first kappa shape index (κ1) is 28.5. The molecule has 4 saturated carbocycles. The number of benzene rings is 2. The van der Waals surface area contributed by atoms with Crippen molar-refractivity contribution >= 4 is 11.9 Å². The maximum Gasteiger partial charge on any atom is 0.338 e. The van der Waals surface area contributed by atoms with Gasteiger partial charge in [-0.05, 0) is 130 Å². The third-order valence-corrected chi connectivity index (χ3v) is 12.2. The monoisotopic (exact) mass is 558 g/mol. The van der Waals surface area contributed by atoms with Gasteiger partial charge in [0.15, 0.2) is 0 Å². The smallest absolute Gasteiger partial charge is 0.338 e. The number of hydrogen-bond donors (Lipinski definition) is 1. The zero-order chi connectivity index (χ0) is 28.8. The molecule has 1 N–H and O–H groups in total. The molecule has 4 aliphatic carbocycles. The first-order valence-corrected chi connectivity index (χ1v) is 15.8. The van der Waals surface area contributed by atoms with Crippen molar-refractivity contribution < 1.29 is 24.2 Å². The minimum atomic E-state index is -0.497. The Hall–Kier alpha value is -2.66. The largest absolute Gasteiger partial charge is 0.459 e. The van der Waals surface area contributed by atoms with Crippen molar-refractivity contribution in [1.29, 1.82) is 0 Å². The van der Waals surface area contributed by atoms with Crippen LogP contribution in [0.3, 0.4) is 0 Å². The number of ether oxygens (including phenoxy) is 2. The zero-order valence-electron chi connectivity index (χ0n) is 24.9. The minimum Gasteiger partial charge on any atom is -0.459 e. The minimum absolute atomic E-state index is 0.0909. The molecule has 5 nitrogen and oxygen atoms in total. The van der Waals surface area contributed by atoms with E-state index in [4.69, 9.17) is 9.47 Å². The van der Waals surface area contributed by atoms with Gasteiger partial charge in [-0.3, -0.25) is 0 Å². The van der Waals surface area contributed by atoms with Crippen LogP contribution in [0, 0.1) is 40.4 Å². The summed E-state index contributed by atoms with van der Waals surface area (Å²) in [6.07, 6.45) is 9.16. The highest BCUT2D eigenvalue weighted by Crippen LogP contribution is 2.68. The lowest BCUT2D eigenvalue weighted by Gasteiger charge is -2.62. The summed E-state index contributed by atoms with van der Waals surface area (Å²) in [4.78, 5) is 25.8. The second-order valence-corrected chi connectivity index (χ2v) is 14.2. The van der Waals surface area contributed by atoms with Gasteiger partial charge in [0.25, 0.3) is 0 Å². The van der Waals surface area contributed by atoms with E-state index in [2.05, 4.69) is 20.8 Å². The molecule has 0 heterocycles. The summed E-state index contributed by atoms with van der Waals surface area (Å²) < 4.78 is 12.2. The second kappa shape index (κ2) is 10.9. The quantitative estimate of drug-likeness (QED) is 0.372. The third kappa shape index (κ3) is 4.92. The molecule has 0 radical (unpaired) electrons. The van der Waals surface area contributed by atoms with Gasteiger partial charge in [0, 0.05) is 12.5 Å². The van der Waals surface area contributed by atoms with Crippen LogP contribution in [0.25, 0.3) is 0 Å². The number of carbonyl (C=O) groups excluding carboxylic acids is 2. The SMILES string of the molecule is CC(OC(=O)c1ccccc1)[C@H]1CC[C@H]2[C@@H]3CC[C@@H]4C[C@](C)(OC(=O)c5ccccc5)CC[C@]4(CO)[C@H]3CC[C@]12C. The number of fused-ring (bicyclic) bond motifs is 5. The summed E-state index contributed by atoms with van der Waals surface area (Å²) in [7, 11) is 0. The lowest BCUT2D eigenvalue weighted by Crippen LogP contribution is -2.58. The summed E-state index contributed by atoms with van der Waals surface area (Å²) in [5.74, 6) is 1.94. The van der Waals surface area contributed by atoms with Crippen molar-refractivity contribution in [3.63, 3.8) is 0 Å². The molecule has 6 rings (SSSR count). The molecule has 9 atom stereocenters. The molecule has 4 fully saturated rings. The molecular weight excluding hydrogens is 512 g/mol. The van der Waals surface area contributed by atoms with Gasteiger partial charge in [0.2, 0.25) is 0 Å². The molecule has 1 unspecified atom stereocenters. The highest BCUT2D eigenvalue weighted by molar-refractivity contribution is 5.90. The van der Waals surface area contributed by atoms with Crippen LogP contribution in [0.4, 0.5) is 0 Å². The summed E-state index contributed by atoms with van der Waals surface area (Å²) in [6.45, 7) is 6.87. The molecule has 0 saturated heterocycles. The number of carbonyl (C=O) groups is 2. The first-order valence-electron chi connectivity index (χ1n) is 15.8. The number of hydrogen-bond acceptors (Lipinski definition) is 5. The van der Waals surface area contributed by atoms with Crippen LogP contribution in [0.2, 0.25) is 0 Å². The molecule has 0 bridgehead atoms. The van der Waals surface area contributed by atoms with Gasteiger partial charge in [0.1, 0.15) is 11.7 Å². The lowest BCUT2D eigenvalue weighted by molar-refractivity contribution is -0.173. The van der Waals surface area contributed by atoms with Crippen LogP contribution in [-0.2, 0) is 9.47 Å². The second-order valence-electron chi connectivity index (χ2n) is 14.2. The highest BCUT2D eigenvalue weighted by Gasteiger charge is 2.63. The van der Waals surface area contributed by atoms with E-state index in [0.29, 0.717) is 40.7 Å². The zero-order valence-corrected chi connectivity index (χ0v) is 24.9. The Balaban J connectivity index is 1.15. The molecule has 4 aliphatic rings. The molecule has 2 aromatic rings. The molecule has 0 spiro atoms. The Morgan fingerprint density at radius 2 is 1.49 bits per heavy atom. The predicted molar refractivity (Wildman–Crippen MR) is 158 cm³/mol. The van der Waals surface area contributed by atoms with Crippen LogP contribution < -0.4 is 0 Å². The summed E-state index contributed by atoms with van der Waals surface area (Å²) in [5, 5.41) is 11.0. The van der Waals surface area contributed by atoms with Gasteiger partial charge in [-0.15, -0.1) is 0 Å². The van der Waals surface area contributed by atoms with Gasteiger partial charge in [0.05, 0.1) is 11.1 Å². The summed E-state index contributed by atoms with van der Waals surface area (Å²) in [6, 6.07) is 18.6. The van der Waals surface area contributed by atoms with E-state index in [1.807, 2.05) is 60.7 Å². The average molecular weight is 559 g/mol. The molecule has 2 aromatic carbocycles. The van der Waals surface area contributed by atoms with Crippen molar-refractivity contribution in [3.05, 3.63) is 71.8 Å². The number of rotatable bonds is 6. The van der Waals surface area contributed by atoms with Gasteiger partial charge in [-0.2, -0.15) is 0 Å². The van der Waals surface area contributed by atoms with Gasteiger partial charge < -0.3 is 14.6 Å².